The second-order valence-electron chi connectivity index (χ2n) is 6.73. The molecule has 2 aliphatic rings. The maximum atomic E-state index is 9.08. The van der Waals surface area contributed by atoms with Crippen molar-refractivity contribution in [3.8, 4) is 0 Å². The molecule has 1 aromatic rings. The molecule has 2 fully saturated rings. The summed E-state index contributed by atoms with van der Waals surface area (Å²) in [5, 5.41) is 3.92. The van der Waals surface area contributed by atoms with E-state index < -0.39 is 30.8 Å². The molecule has 2 aliphatic heterocycles. The quantitative estimate of drug-likeness (QED) is 0.210. The maximum absolute atomic E-state index is 9.08. The number of hydrogen-bond donors (Lipinski definition) is 0. The predicted octanol–water partition coefficient (Wildman–Crippen LogP) is 3.89. The van der Waals surface area contributed by atoms with E-state index in [-0.39, 0.29) is 12.7 Å². The SMILES string of the molecule is C=CCO[C@@H]1OC2COC(c3ccccc3)OC2C(OCCCC)C1N=[N+]=[N-]. The van der Waals surface area contributed by atoms with Crippen LogP contribution < -0.4 is 0 Å². The average Bonchev–Trinajstić information content (AvgIpc) is 2.74. The van der Waals surface area contributed by atoms with E-state index in [1.807, 2.05) is 30.3 Å². The highest BCUT2D eigenvalue weighted by atomic mass is 16.7. The Kier molecular flexibility index (Phi) is 7.85. The molecule has 28 heavy (non-hydrogen) atoms. The molecule has 8 nitrogen and oxygen atoms in total. The van der Waals surface area contributed by atoms with E-state index in [4.69, 9.17) is 29.2 Å². The molecular weight excluding hydrogens is 362 g/mol. The molecule has 0 N–H and O–H groups in total. The molecule has 8 heteroatoms. The van der Waals surface area contributed by atoms with Gasteiger partial charge in [-0.15, -0.1) is 6.58 Å². The zero-order valence-electron chi connectivity index (χ0n) is 16.1. The van der Waals surface area contributed by atoms with Crippen molar-refractivity contribution in [1.82, 2.24) is 0 Å². The van der Waals surface area contributed by atoms with E-state index in [2.05, 4.69) is 23.5 Å². The fourth-order valence-corrected chi connectivity index (χ4v) is 3.38. The summed E-state index contributed by atoms with van der Waals surface area (Å²) in [6.45, 7) is 6.89. The van der Waals surface area contributed by atoms with Crippen molar-refractivity contribution in [3.63, 3.8) is 0 Å². The molecule has 0 bridgehead atoms. The number of unbranched alkanes of at least 4 members (excludes halogenated alkanes) is 1. The first-order chi connectivity index (χ1) is 13.8. The van der Waals surface area contributed by atoms with Crippen LogP contribution in [0, 0.1) is 0 Å². The summed E-state index contributed by atoms with van der Waals surface area (Å²) in [6, 6.07) is 9.03. The Bertz CT molecular complexity index is 667. The van der Waals surface area contributed by atoms with Crippen molar-refractivity contribution in [3.05, 3.63) is 59.0 Å². The zero-order chi connectivity index (χ0) is 19.8. The Balaban J connectivity index is 1.82. The van der Waals surface area contributed by atoms with Gasteiger partial charge in [0.2, 0.25) is 0 Å². The highest BCUT2D eigenvalue weighted by molar-refractivity contribution is 5.16. The van der Waals surface area contributed by atoms with E-state index >= 15 is 0 Å². The van der Waals surface area contributed by atoms with E-state index in [9.17, 15) is 0 Å². The first kappa shape index (κ1) is 20.8. The Morgan fingerprint density at radius 3 is 2.82 bits per heavy atom. The van der Waals surface area contributed by atoms with Gasteiger partial charge in [0.25, 0.3) is 0 Å². The highest BCUT2D eigenvalue weighted by Crippen LogP contribution is 2.36. The van der Waals surface area contributed by atoms with Gasteiger partial charge >= 0.3 is 0 Å². The minimum absolute atomic E-state index is 0.273. The number of benzene rings is 1. The Morgan fingerprint density at radius 2 is 2.11 bits per heavy atom. The minimum atomic E-state index is -0.748. The van der Waals surface area contributed by atoms with Gasteiger partial charge in [-0.05, 0) is 12.0 Å². The van der Waals surface area contributed by atoms with Gasteiger partial charge in [-0.25, -0.2) is 0 Å². The van der Waals surface area contributed by atoms with E-state index in [1.54, 1.807) is 6.08 Å². The third-order valence-corrected chi connectivity index (χ3v) is 4.75. The number of rotatable bonds is 9. The largest absolute Gasteiger partial charge is 0.375 e. The number of ether oxygens (including phenoxy) is 5. The second-order valence-corrected chi connectivity index (χ2v) is 6.73. The van der Waals surface area contributed by atoms with Gasteiger partial charge in [-0.2, -0.15) is 0 Å². The molecule has 0 aliphatic carbocycles. The minimum Gasteiger partial charge on any atom is -0.375 e. The normalized spacial score (nSPS) is 32.2. The van der Waals surface area contributed by atoms with E-state index in [0.717, 1.165) is 18.4 Å². The molecule has 0 saturated carbocycles. The van der Waals surface area contributed by atoms with Crippen LogP contribution in [0.1, 0.15) is 31.6 Å². The molecule has 2 saturated heterocycles. The first-order valence-electron chi connectivity index (χ1n) is 9.64. The lowest BCUT2D eigenvalue weighted by Crippen LogP contribution is -2.62. The average molecular weight is 389 g/mol. The van der Waals surface area contributed by atoms with Crippen molar-refractivity contribution in [2.24, 2.45) is 5.11 Å². The third kappa shape index (κ3) is 4.91. The van der Waals surface area contributed by atoms with Crippen LogP contribution in [0.3, 0.4) is 0 Å². The second kappa shape index (κ2) is 10.6. The van der Waals surface area contributed by atoms with Gasteiger partial charge in [-0.3, -0.25) is 0 Å². The van der Waals surface area contributed by atoms with Crippen LogP contribution in [0.4, 0.5) is 0 Å². The molecule has 0 amide bonds. The summed E-state index contributed by atoms with van der Waals surface area (Å²) in [5.41, 5.74) is 10.00. The van der Waals surface area contributed by atoms with Crippen LogP contribution in [0.5, 0.6) is 0 Å². The summed E-state index contributed by atoms with van der Waals surface area (Å²) in [4.78, 5) is 2.98. The van der Waals surface area contributed by atoms with Crippen molar-refractivity contribution in [2.45, 2.75) is 56.7 Å². The smallest absolute Gasteiger partial charge is 0.184 e. The van der Waals surface area contributed by atoms with Crippen molar-refractivity contribution >= 4 is 0 Å². The van der Waals surface area contributed by atoms with Crippen molar-refractivity contribution < 1.29 is 23.7 Å². The summed E-state index contributed by atoms with van der Waals surface area (Å²) >= 11 is 0. The molecule has 1 aromatic carbocycles. The van der Waals surface area contributed by atoms with Crippen LogP contribution in [0.25, 0.3) is 10.4 Å². The number of fused-ring (bicyclic) bond motifs is 1. The summed E-state index contributed by atoms with van der Waals surface area (Å²) in [7, 11) is 0. The van der Waals surface area contributed by atoms with E-state index in [1.165, 1.54) is 0 Å². The van der Waals surface area contributed by atoms with E-state index in [0.29, 0.717) is 13.2 Å². The van der Waals surface area contributed by atoms with Gasteiger partial charge < -0.3 is 23.7 Å². The van der Waals surface area contributed by atoms with Gasteiger partial charge in [0.15, 0.2) is 12.6 Å². The fraction of sp³-hybridized carbons (Fsp3) is 0.600. The fourth-order valence-electron chi connectivity index (χ4n) is 3.38. The monoisotopic (exact) mass is 389 g/mol. The standard InChI is InChI=1S/C20H27N3O5/c1-3-5-12-24-18-16(22-23-21)20(25-11-4-2)27-15-13-26-19(28-17(15)18)14-9-7-6-8-10-14/h4,6-10,15-20H,2-3,5,11-13H2,1H3/t15?,16?,17?,18?,19?,20-/m1/s1. The lowest BCUT2D eigenvalue weighted by molar-refractivity contribution is -0.345. The molecule has 2 heterocycles. The van der Waals surface area contributed by atoms with Crippen LogP contribution in [0.15, 0.2) is 48.1 Å². The van der Waals surface area contributed by atoms with Crippen LogP contribution in [-0.4, -0.2) is 50.5 Å². The maximum Gasteiger partial charge on any atom is 0.184 e. The topological polar surface area (TPSA) is 94.9 Å². The molecule has 6 atom stereocenters. The Morgan fingerprint density at radius 1 is 1.29 bits per heavy atom. The van der Waals surface area contributed by atoms with Gasteiger partial charge in [0.1, 0.15) is 18.2 Å². The lowest BCUT2D eigenvalue weighted by atomic mass is 9.96. The third-order valence-electron chi connectivity index (χ3n) is 4.75. The van der Waals surface area contributed by atoms with Crippen molar-refractivity contribution in [1.29, 1.82) is 0 Å². The highest BCUT2D eigenvalue weighted by Gasteiger charge is 2.50. The van der Waals surface area contributed by atoms with Gasteiger partial charge in [-0.1, -0.05) is 54.9 Å². The molecule has 0 radical (unpaired) electrons. The molecule has 0 spiro atoms. The van der Waals surface area contributed by atoms with Gasteiger partial charge in [0.05, 0.1) is 19.3 Å². The number of azide groups is 1. The first-order valence-corrected chi connectivity index (χ1v) is 9.64. The summed E-state index contributed by atoms with van der Waals surface area (Å²) < 4.78 is 29.9. The Hall–Kier alpha value is -1.93. The number of nitrogens with zero attached hydrogens (tertiary/aromatic N) is 3. The Labute approximate surface area is 165 Å². The summed E-state index contributed by atoms with van der Waals surface area (Å²) in [5.74, 6) is 0. The van der Waals surface area contributed by atoms with Crippen LogP contribution in [0.2, 0.25) is 0 Å². The molecule has 152 valence electrons. The molecule has 5 unspecified atom stereocenters. The van der Waals surface area contributed by atoms with Crippen LogP contribution >= 0.6 is 0 Å². The predicted molar refractivity (Wildman–Crippen MR) is 102 cm³/mol. The number of hydrogen-bond acceptors (Lipinski definition) is 6. The molecule has 3 rings (SSSR count). The van der Waals surface area contributed by atoms with Crippen molar-refractivity contribution in [2.75, 3.05) is 19.8 Å². The van der Waals surface area contributed by atoms with Crippen LogP contribution in [-0.2, 0) is 23.7 Å². The zero-order valence-corrected chi connectivity index (χ0v) is 16.1. The van der Waals surface area contributed by atoms with Gasteiger partial charge in [0, 0.05) is 17.1 Å². The molecule has 0 aromatic heterocycles. The lowest BCUT2D eigenvalue weighted by Gasteiger charge is -2.48. The molecular formula is C20H27N3O5. The summed E-state index contributed by atoms with van der Waals surface area (Å²) in [6.07, 6.45) is 0.926.